The van der Waals surface area contributed by atoms with Gasteiger partial charge in [0.1, 0.15) is 23.2 Å². The molecule has 0 aliphatic heterocycles. The van der Waals surface area contributed by atoms with Crippen LogP contribution in [0.1, 0.15) is 57.0 Å². The molecule has 29 heavy (non-hydrogen) atoms. The molecule has 1 aliphatic carbocycles. The number of rotatable bonds is 5. The third-order valence-corrected chi connectivity index (χ3v) is 6.04. The SMILES string of the molecule is CCc1nc(-n2ccnc2)nc2c1[nH]c(=O)c1cnc(CCC3CCCCC3)n12. The first-order valence-corrected chi connectivity index (χ1v) is 10.5. The molecule has 8 nitrogen and oxygen atoms in total. The van der Waals surface area contributed by atoms with Crippen molar-refractivity contribution < 1.29 is 0 Å². The van der Waals surface area contributed by atoms with Gasteiger partial charge >= 0.3 is 0 Å². The minimum Gasteiger partial charge on any atom is -0.316 e. The molecule has 8 heteroatoms. The number of aryl methyl sites for hydroxylation is 2. The van der Waals surface area contributed by atoms with E-state index in [1.54, 1.807) is 23.3 Å². The fraction of sp³-hybridized carbons (Fsp3) is 0.476. The van der Waals surface area contributed by atoms with Gasteiger partial charge in [-0.15, -0.1) is 0 Å². The number of imidazole rings is 2. The molecule has 0 amide bonds. The van der Waals surface area contributed by atoms with E-state index in [2.05, 4.69) is 19.9 Å². The Kier molecular flexibility index (Phi) is 4.61. The molecule has 150 valence electrons. The van der Waals surface area contributed by atoms with Gasteiger partial charge in [0, 0.05) is 18.8 Å². The molecule has 4 aromatic rings. The summed E-state index contributed by atoms with van der Waals surface area (Å²) < 4.78 is 3.71. The lowest BCUT2D eigenvalue weighted by Crippen LogP contribution is -2.16. The van der Waals surface area contributed by atoms with Crippen LogP contribution >= 0.6 is 0 Å². The second-order valence-electron chi connectivity index (χ2n) is 7.88. The van der Waals surface area contributed by atoms with Gasteiger partial charge in [-0.2, -0.15) is 4.98 Å². The van der Waals surface area contributed by atoms with Crippen molar-refractivity contribution in [1.82, 2.24) is 33.9 Å². The molecule has 5 rings (SSSR count). The summed E-state index contributed by atoms with van der Waals surface area (Å²) in [4.78, 5) is 33.8. The molecular weight excluding hydrogens is 366 g/mol. The number of H-pyrrole nitrogens is 1. The summed E-state index contributed by atoms with van der Waals surface area (Å²) in [6.07, 6.45) is 16.1. The molecule has 1 fully saturated rings. The topological polar surface area (TPSA) is 93.8 Å². The summed E-state index contributed by atoms with van der Waals surface area (Å²) in [6.45, 7) is 2.03. The first kappa shape index (κ1) is 18.0. The quantitative estimate of drug-likeness (QED) is 0.564. The molecular formula is C21H25N7O. The summed E-state index contributed by atoms with van der Waals surface area (Å²) >= 11 is 0. The predicted octanol–water partition coefficient (Wildman–Crippen LogP) is 3.23. The molecule has 0 unspecified atom stereocenters. The van der Waals surface area contributed by atoms with Gasteiger partial charge in [0.25, 0.3) is 5.56 Å². The van der Waals surface area contributed by atoms with E-state index >= 15 is 0 Å². The van der Waals surface area contributed by atoms with E-state index in [-0.39, 0.29) is 5.56 Å². The molecule has 0 aromatic carbocycles. The Labute approximate surface area is 168 Å². The molecule has 1 saturated carbocycles. The Bertz CT molecular complexity index is 1200. The van der Waals surface area contributed by atoms with Crippen LogP contribution < -0.4 is 5.56 Å². The maximum atomic E-state index is 12.7. The Morgan fingerprint density at radius 2 is 2.07 bits per heavy atom. The highest BCUT2D eigenvalue weighted by Gasteiger charge is 2.19. The highest BCUT2D eigenvalue weighted by molar-refractivity contribution is 5.77. The molecule has 4 aromatic heterocycles. The van der Waals surface area contributed by atoms with Gasteiger partial charge in [0.2, 0.25) is 5.95 Å². The Morgan fingerprint density at radius 3 is 2.83 bits per heavy atom. The molecule has 0 bridgehead atoms. The van der Waals surface area contributed by atoms with E-state index in [4.69, 9.17) is 4.98 Å². The lowest BCUT2D eigenvalue weighted by atomic mass is 9.86. The molecule has 0 radical (unpaired) electrons. The zero-order chi connectivity index (χ0) is 19.8. The summed E-state index contributed by atoms with van der Waals surface area (Å²) in [5, 5.41) is 0. The number of hydrogen-bond donors (Lipinski definition) is 1. The first-order chi connectivity index (χ1) is 14.2. The molecule has 0 atom stereocenters. The van der Waals surface area contributed by atoms with Crippen LogP contribution in [-0.2, 0) is 12.8 Å². The van der Waals surface area contributed by atoms with Crippen molar-refractivity contribution in [2.75, 3.05) is 0 Å². The number of aromatic nitrogens is 7. The standard InChI is InChI=1S/C21H25N7O/c1-2-15-18-19(26-21(24-15)27-11-10-22-13-27)28-16(20(29)25-18)12-23-17(28)9-8-14-6-4-3-5-7-14/h10-14H,2-9H2,1H3,(H,25,29). The van der Waals surface area contributed by atoms with E-state index in [0.29, 0.717) is 29.0 Å². The van der Waals surface area contributed by atoms with E-state index in [9.17, 15) is 4.79 Å². The van der Waals surface area contributed by atoms with Crippen molar-refractivity contribution in [3.8, 4) is 5.95 Å². The fourth-order valence-corrected chi connectivity index (χ4v) is 4.47. The smallest absolute Gasteiger partial charge is 0.274 e. The number of hydrogen-bond acceptors (Lipinski definition) is 5. The zero-order valence-corrected chi connectivity index (χ0v) is 16.6. The number of aromatic amines is 1. The van der Waals surface area contributed by atoms with Gasteiger partial charge in [-0.1, -0.05) is 39.0 Å². The first-order valence-electron chi connectivity index (χ1n) is 10.5. The van der Waals surface area contributed by atoms with Crippen molar-refractivity contribution in [2.24, 2.45) is 5.92 Å². The Hall–Kier alpha value is -3.03. The third-order valence-electron chi connectivity index (χ3n) is 6.04. The van der Waals surface area contributed by atoms with E-state index in [1.807, 2.05) is 17.5 Å². The minimum absolute atomic E-state index is 0.150. The van der Waals surface area contributed by atoms with Gasteiger partial charge in [-0.05, 0) is 18.8 Å². The lowest BCUT2D eigenvalue weighted by Gasteiger charge is -2.21. The third kappa shape index (κ3) is 3.22. The number of nitrogens with one attached hydrogen (secondary N) is 1. The van der Waals surface area contributed by atoms with Crippen LogP contribution in [0, 0.1) is 5.92 Å². The minimum atomic E-state index is -0.150. The molecule has 4 heterocycles. The van der Waals surface area contributed by atoms with Gasteiger partial charge in [0.05, 0.1) is 11.9 Å². The monoisotopic (exact) mass is 391 g/mol. The summed E-state index contributed by atoms with van der Waals surface area (Å²) in [6, 6.07) is 0. The van der Waals surface area contributed by atoms with Gasteiger partial charge in [-0.3, -0.25) is 13.8 Å². The highest BCUT2D eigenvalue weighted by atomic mass is 16.1. The predicted molar refractivity (Wildman–Crippen MR) is 110 cm³/mol. The average Bonchev–Trinajstić information content (AvgIpc) is 3.43. The van der Waals surface area contributed by atoms with Crippen molar-refractivity contribution >= 4 is 16.7 Å². The highest BCUT2D eigenvalue weighted by Crippen LogP contribution is 2.28. The fourth-order valence-electron chi connectivity index (χ4n) is 4.47. The molecule has 1 aliphatic rings. The van der Waals surface area contributed by atoms with Crippen molar-refractivity contribution in [1.29, 1.82) is 0 Å². The van der Waals surface area contributed by atoms with E-state index in [1.165, 1.54) is 32.1 Å². The van der Waals surface area contributed by atoms with Crippen LogP contribution in [0.5, 0.6) is 0 Å². The molecule has 1 N–H and O–H groups in total. The van der Waals surface area contributed by atoms with Crippen LogP contribution in [-0.4, -0.2) is 33.9 Å². The van der Waals surface area contributed by atoms with Crippen LogP contribution in [0.25, 0.3) is 22.6 Å². The van der Waals surface area contributed by atoms with E-state index in [0.717, 1.165) is 30.3 Å². The van der Waals surface area contributed by atoms with Crippen LogP contribution in [0.3, 0.4) is 0 Å². The largest absolute Gasteiger partial charge is 0.316 e. The zero-order valence-electron chi connectivity index (χ0n) is 16.6. The normalized spacial score (nSPS) is 15.5. The lowest BCUT2D eigenvalue weighted by molar-refractivity contribution is 0.337. The second kappa shape index (κ2) is 7.42. The number of fused-ring (bicyclic) bond motifs is 3. The summed E-state index contributed by atoms with van der Waals surface area (Å²) in [7, 11) is 0. The summed E-state index contributed by atoms with van der Waals surface area (Å²) in [5.74, 6) is 2.21. The Morgan fingerprint density at radius 1 is 1.21 bits per heavy atom. The van der Waals surface area contributed by atoms with Crippen LogP contribution in [0.4, 0.5) is 0 Å². The van der Waals surface area contributed by atoms with Gasteiger partial charge in [-0.25, -0.2) is 15.0 Å². The summed E-state index contributed by atoms with van der Waals surface area (Å²) in [5.41, 5.74) is 2.58. The average molecular weight is 391 g/mol. The number of nitrogens with zero attached hydrogens (tertiary/aromatic N) is 6. The van der Waals surface area contributed by atoms with Gasteiger partial charge in [0.15, 0.2) is 5.65 Å². The van der Waals surface area contributed by atoms with Crippen LogP contribution in [0.2, 0.25) is 0 Å². The van der Waals surface area contributed by atoms with Crippen molar-refractivity contribution in [3.63, 3.8) is 0 Å². The molecule has 0 spiro atoms. The second-order valence-corrected chi connectivity index (χ2v) is 7.88. The van der Waals surface area contributed by atoms with Crippen molar-refractivity contribution in [2.45, 2.75) is 58.3 Å². The van der Waals surface area contributed by atoms with E-state index < -0.39 is 0 Å². The maximum absolute atomic E-state index is 12.7. The molecule has 0 saturated heterocycles. The van der Waals surface area contributed by atoms with Gasteiger partial charge < -0.3 is 4.98 Å². The van der Waals surface area contributed by atoms with Crippen molar-refractivity contribution in [3.05, 3.63) is 46.8 Å². The Balaban J connectivity index is 1.66. The van der Waals surface area contributed by atoms with Crippen LogP contribution in [0.15, 0.2) is 29.7 Å². The maximum Gasteiger partial charge on any atom is 0.274 e.